The van der Waals surface area contributed by atoms with Crippen LogP contribution in [-0.4, -0.2) is 6.54 Å². The van der Waals surface area contributed by atoms with Crippen LogP contribution in [0.15, 0.2) is 48.5 Å². The molecule has 1 heteroatoms. The Kier molecular flexibility index (Phi) is 7.18. The quantitative estimate of drug-likeness (QED) is 0.595. The fourth-order valence-corrected chi connectivity index (χ4v) is 2.59. The second-order valence-corrected chi connectivity index (χ2v) is 6.03. The molecule has 1 nitrogen and oxygen atoms in total. The van der Waals surface area contributed by atoms with Gasteiger partial charge in [-0.3, -0.25) is 0 Å². The fourth-order valence-electron chi connectivity index (χ4n) is 2.59. The van der Waals surface area contributed by atoms with Crippen LogP contribution in [0.2, 0.25) is 0 Å². The van der Waals surface area contributed by atoms with E-state index in [2.05, 4.69) is 67.7 Å². The first-order valence-electron chi connectivity index (χ1n) is 8.72. The first-order valence-corrected chi connectivity index (χ1v) is 8.72. The van der Waals surface area contributed by atoms with Crippen molar-refractivity contribution in [3.05, 3.63) is 59.7 Å². The van der Waals surface area contributed by atoms with E-state index in [9.17, 15) is 0 Å². The van der Waals surface area contributed by atoms with Gasteiger partial charge in [0.15, 0.2) is 0 Å². The second-order valence-electron chi connectivity index (χ2n) is 6.03. The van der Waals surface area contributed by atoms with E-state index in [1.54, 1.807) is 0 Å². The average Bonchev–Trinajstić information content (AvgIpc) is 2.58. The third-order valence-electron chi connectivity index (χ3n) is 4.10. The van der Waals surface area contributed by atoms with Gasteiger partial charge >= 0.3 is 0 Å². The summed E-state index contributed by atoms with van der Waals surface area (Å²) in [5, 5.41) is 3.49. The molecule has 118 valence electrons. The molecular weight excluding hydrogens is 266 g/mol. The summed E-state index contributed by atoms with van der Waals surface area (Å²) in [6.07, 6.45) is 6.23. The van der Waals surface area contributed by atoms with E-state index < -0.39 is 0 Å². The van der Waals surface area contributed by atoms with Crippen molar-refractivity contribution in [2.24, 2.45) is 0 Å². The smallest absolute Gasteiger partial charge is 0.0205 e. The molecule has 0 amide bonds. The molecule has 0 unspecified atom stereocenters. The molecule has 0 fully saturated rings. The van der Waals surface area contributed by atoms with Gasteiger partial charge in [-0.15, -0.1) is 0 Å². The van der Waals surface area contributed by atoms with Crippen molar-refractivity contribution in [2.45, 2.75) is 52.5 Å². The first kappa shape index (κ1) is 16.8. The largest absolute Gasteiger partial charge is 0.313 e. The molecule has 2 rings (SSSR count). The lowest BCUT2D eigenvalue weighted by Gasteiger charge is -2.07. The Bertz CT molecular complexity index is 525. The zero-order valence-electron chi connectivity index (χ0n) is 14.1. The van der Waals surface area contributed by atoms with Crippen molar-refractivity contribution in [2.75, 3.05) is 6.54 Å². The Labute approximate surface area is 135 Å². The molecule has 0 saturated carbocycles. The van der Waals surface area contributed by atoms with E-state index in [1.165, 1.54) is 54.4 Å². The Morgan fingerprint density at radius 2 is 1.23 bits per heavy atom. The molecule has 2 aromatic rings. The fraction of sp³-hybridized carbons (Fsp3) is 0.429. The maximum Gasteiger partial charge on any atom is 0.0205 e. The van der Waals surface area contributed by atoms with Gasteiger partial charge in [0.05, 0.1) is 0 Å². The molecule has 22 heavy (non-hydrogen) atoms. The lowest BCUT2D eigenvalue weighted by molar-refractivity contribution is 0.641. The van der Waals surface area contributed by atoms with E-state index >= 15 is 0 Å². The summed E-state index contributed by atoms with van der Waals surface area (Å²) < 4.78 is 0. The summed E-state index contributed by atoms with van der Waals surface area (Å²) >= 11 is 0. The van der Waals surface area contributed by atoms with Crippen molar-refractivity contribution in [3.8, 4) is 11.1 Å². The van der Waals surface area contributed by atoms with Crippen molar-refractivity contribution >= 4 is 0 Å². The standard InChI is InChI=1S/C21H29N/c1-3-5-7-18-8-12-20(13-9-18)21-14-10-19(11-15-21)17-22-16-6-4-2/h8-15,22H,3-7,16-17H2,1-2H3. The molecular formula is C21H29N. The summed E-state index contributed by atoms with van der Waals surface area (Å²) in [5.41, 5.74) is 5.42. The van der Waals surface area contributed by atoms with Crippen LogP contribution < -0.4 is 5.32 Å². The second kappa shape index (κ2) is 9.42. The molecule has 0 atom stereocenters. The van der Waals surface area contributed by atoms with Gasteiger partial charge < -0.3 is 5.32 Å². The molecule has 0 radical (unpaired) electrons. The van der Waals surface area contributed by atoms with Crippen LogP contribution in [0.3, 0.4) is 0 Å². The van der Waals surface area contributed by atoms with Crippen molar-refractivity contribution < 1.29 is 0 Å². The highest BCUT2D eigenvalue weighted by Gasteiger charge is 1.99. The van der Waals surface area contributed by atoms with Gasteiger partial charge in [-0.05, 0) is 48.1 Å². The molecule has 0 aliphatic heterocycles. The summed E-state index contributed by atoms with van der Waals surface area (Å²) in [7, 11) is 0. The average molecular weight is 295 g/mol. The van der Waals surface area contributed by atoms with Gasteiger partial charge in [0.1, 0.15) is 0 Å². The van der Waals surface area contributed by atoms with Crippen LogP contribution >= 0.6 is 0 Å². The predicted octanol–water partition coefficient (Wildman–Crippen LogP) is 5.59. The van der Waals surface area contributed by atoms with Crippen LogP contribution in [0.5, 0.6) is 0 Å². The maximum absolute atomic E-state index is 3.49. The highest BCUT2D eigenvalue weighted by atomic mass is 14.8. The maximum atomic E-state index is 3.49. The SMILES string of the molecule is CCCCNCc1ccc(-c2ccc(CCCC)cc2)cc1. The number of unbranched alkanes of at least 4 members (excludes halogenated alkanes) is 2. The first-order chi connectivity index (χ1) is 10.8. The molecule has 0 aromatic heterocycles. The Morgan fingerprint density at radius 1 is 0.682 bits per heavy atom. The minimum Gasteiger partial charge on any atom is -0.313 e. The molecule has 0 heterocycles. The van der Waals surface area contributed by atoms with E-state index in [1.807, 2.05) is 0 Å². The molecule has 1 N–H and O–H groups in total. The summed E-state index contributed by atoms with van der Waals surface area (Å²) in [6.45, 7) is 6.55. The lowest BCUT2D eigenvalue weighted by Crippen LogP contribution is -2.14. The molecule has 0 saturated heterocycles. The van der Waals surface area contributed by atoms with E-state index in [4.69, 9.17) is 0 Å². The van der Waals surface area contributed by atoms with E-state index in [-0.39, 0.29) is 0 Å². The Hall–Kier alpha value is -1.60. The van der Waals surface area contributed by atoms with Crippen molar-refractivity contribution in [3.63, 3.8) is 0 Å². The third-order valence-corrected chi connectivity index (χ3v) is 4.10. The van der Waals surface area contributed by atoms with Gasteiger partial charge in [-0.2, -0.15) is 0 Å². The Morgan fingerprint density at radius 3 is 1.77 bits per heavy atom. The topological polar surface area (TPSA) is 12.0 Å². The number of rotatable bonds is 9. The number of hydrogen-bond acceptors (Lipinski definition) is 1. The number of hydrogen-bond donors (Lipinski definition) is 1. The van der Waals surface area contributed by atoms with Crippen LogP contribution in [0.25, 0.3) is 11.1 Å². The summed E-state index contributed by atoms with van der Waals surface area (Å²) in [4.78, 5) is 0. The van der Waals surface area contributed by atoms with Crippen LogP contribution in [0, 0.1) is 0 Å². The van der Waals surface area contributed by atoms with Crippen LogP contribution in [0.4, 0.5) is 0 Å². The minimum atomic E-state index is 0.968. The van der Waals surface area contributed by atoms with Crippen molar-refractivity contribution in [1.29, 1.82) is 0 Å². The molecule has 0 aliphatic rings. The number of benzene rings is 2. The number of nitrogens with one attached hydrogen (secondary N) is 1. The monoisotopic (exact) mass is 295 g/mol. The summed E-state index contributed by atoms with van der Waals surface area (Å²) in [6, 6.07) is 18.0. The zero-order valence-corrected chi connectivity index (χ0v) is 14.1. The summed E-state index contributed by atoms with van der Waals surface area (Å²) in [5.74, 6) is 0. The molecule has 0 aliphatic carbocycles. The minimum absolute atomic E-state index is 0.968. The highest BCUT2D eigenvalue weighted by molar-refractivity contribution is 5.63. The molecule has 0 bridgehead atoms. The van der Waals surface area contributed by atoms with Gasteiger partial charge in [0, 0.05) is 6.54 Å². The zero-order chi connectivity index (χ0) is 15.6. The third kappa shape index (κ3) is 5.31. The van der Waals surface area contributed by atoms with E-state index in [0.717, 1.165) is 13.1 Å². The Balaban J connectivity index is 1.92. The van der Waals surface area contributed by atoms with Crippen LogP contribution in [-0.2, 0) is 13.0 Å². The lowest BCUT2D eigenvalue weighted by atomic mass is 10.0. The normalized spacial score (nSPS) is 10.8. The van der Waals surface area contributed by atoms with Gasteiger partial charge in [0.25, 0.3) is 0 Å². The molecule has 2 aromatic carbocycles. The predicted molar refractivity (Wildman–Crippen MR) is 97.1 cm³/mol. The molecule has 0 spiro atoms. The van der Waals surface area contributed by atoms with Gasteiger partial charge in [-0.1, -0.05) is 75.2 Å². The van der Waals surface area contributed by atoms with Crippen molar-refractivity contribution in [1.82, 2.24) is 5.32 Å². The van der Waals surface area contributed by atoms with E-state index in [0.29, 0.717) is 0 Å². The van der Waals surface area contributed by atoms with Gasteiger partial charge in [-0.25, -0.2) is 0 Å². The van der Waals surface area contributed by atoms with Crippen LogP contribution in [0.1, 0.15) is 50.7 Å². The number of aryl methyl sites for hydroxylation is 1. The van der Waals surface area contributed by atoms with Gasteiger partial charge in [0.2, 0.25) is 0 Å². The highest BCUT2D eigenvalue weighted by Crippen LogP contribution is 2.21.